The first-order valence-electron chi connectivity index (χ1n) is 6.67. The van der Waals surface area contributed by atoms with E-state index in [4.69, 9.17) is 0 Å². The molecule has 0 spiro atoms. The summed E-state index contributed by atoms with van der Waals surface area (Å²) >= 11 is 0. The molecule has 0 amide bonds. The summed E-state index contributed by atoms with van der Waals surface area (Å²) < 4.78 is 13.5. The molecule has 0 saturated carbocycles. The molecule has 0 saturated heterocycles. The van der Waals surface area contributed by atoms with Crippen molar-refractivity contribution in [3.63, 3.8) is 0 Å². The molecular formula is C16H17FN2O2. The molecule has 21 heavy (non-hydrogen) atoms. The molecule has 0 bridgehead atoms. The highest BCUT2D eigenvalue weighted by Crippen LogP contribution is 2.15. The van der Waals surface area contributed by atoms with Crippen LogP contribution in [0.1, 0.15) is 22.3 Å². The molecule has 0 aromatic heterocycles. The van der Waals surface area contributed by atoms with Crippen molar-refractivity contribution in [3.05, 3.63) is 74.6 Å². The molecule has 2 aromatic carbocycles. The molecule has 5 heteroatoms. The molecule has 110 valence electrons. The second-order valence-electron chi connectivity index (χ2n) is 5.07. The fraction of sp³-hybridized carbons (Fsp3) is 0.250. The second-order valence-corrected chi connectivity index (χ2v) is 5.07. The van der Waals surface area contributed by atoms with Crippen LogP contribution in [-0.4, -0.2) is 4.92 Å². The van der Waals surface area contributed by atoms with Crippen molar-refractivity contribution in [1.82, 2.24) is 5.32 Å². The Labute approximate surface area is 122 Å². The minimum Gasteiger partial charge on any atom is -0.309 e. The van der Waals surface area contributed by atoms with E-state index in [0.717, 1.165) is 11.1 Å². The molecular weight excluding hydrogens is 271 g/mol. The summed E-state index contributed by atoms with van der Waals surface area (Å²) in [5, 5.41) is 13.8. The molecule has 0 radical (unpaired) electrons. The molecule has 0 aliphatic rings. The van der Waals surface area contributed by atoms with E-state index in [2.05, 4.69) is 5.32 Å². The zero-order valence-corrected chi connectivity index (χ0v) is 12.0. The average molecular weight is 288 g/mol. The van der Waals surface area contributed by atoms with Gasteiger partial charge in [-0.05, 0) is 36.1 Å². The highest BCUT2D eigenvalue weighted by atomic mass is 19.1. The first kappa shape index (κ1) is 15.1. The lowest BCUT2D eigenvalue weighted by molar-refractivity contribution is -0.384. The molecule has 4 nitrogen and oxygen atoms in total. The number of hydrogen-bond acceptors (Lipinski definition) is 3. The Morgan fingerprint density at radius 3 is 2.10 bits per heavy atom. The van der Waals surface area contributed by atoms with Crippen LogP contribution in [-0.2, 0) is 13.1 Å². The normalized spacial score (nSPS) is 10.6. The number of nitrogens with one attached hydrogen (secondary N) is 1. The number of aryl methyl sites for hydroxylation is 2. The number of nitro benzene ring substituents is 1. The lowest BCUT2D eigenvalue weighted by Gasteiger charge is -2.08. The fourth-order valence-electron chi connectivity index (χ4n) is 2.22. The number of halogens is 1. The van der Waals surface area contributed by atoms with Gasteiger partial charge in [0.2, 0.25) is 0 Å². The third-order valence-corrected chi connectivity index (χ3v) is 3.30. The Balaban J connectivity index is 1.94. The lowest BCUT2D eigenvalue weighted by atomic mass is 10.1. The predicted molar refractivity (Wildman–Crippen MR) is 79.5 cm³/mol. The van der Waals surface area contributed by atoms with Crippen molar-refractivity contribution < 1.29 is 9.31 Å². The van der Waals surface area contributed by atoms with Crippen LogP contribution in [0.25, 0.3) is 0 Å². The van der Waals surface area contributed by atoms with E-state index in [-0.39, 0.29) is 11.5 Å². The van der Waals surface area contributed by atoms with Gasteiger partial charge >= 0.3 is 0 Å². The maximum Gasteiger partial charge on any atom is 0.269 e. The Kier molecular flexibility index (Phi) is 4.65. The van der Waals surface area contributed by atoms with Crippen LogP contribution in [0.4, 0.5) is 10.1 Å². The third kappa shape index (κ3) is 3.86. The molecule has 2 rings (SSSR count). The van der Waals surface area contributed by atoms with Gasteiger partial charge in [-0.2, -0.15) is 0 Å². The quantitative estimate of drug-likeness (QED) is 0.675. The van der Waals surface area contributed by atoms with E-state index in [1.807, 2.05) is 12.1 Å². The summed E-state index contributed by atoms with van der Waals surface area (Å²) in [5.74, 6) is -0.158. The van der Waals surface area contributed by atoms with Crippen molar-refractivity contribution in [1.29, 1.82) is 0 Å². The predicted octanol–water partition coefficient (Wildman–Crippen LogP) is 3.64. The van der Waals surface area contributed by atoms with Crippen LogP contribution in [0.15, 0.2) is 36.4 Å². The van der Waals surface area contributed by atoms with Crippen molar-refractivity contribution >= 4 is 5.69 Å². The molecule has 1 N–H and O–H groups in total. The number of hydrogen-bond donors (Lipinski definition) is 1. The molecule has 0 heterocycles. The monoisotopic (exact) mass is 288 g/mol. The third-order valence-electron chi connectivity index (χ3n) is 3.30. The van der Waals surface area contributed by atoms with Crippen LogP contribution in [0.3, 0.4) is 0 Å². The number of rotatable bonds is 5. The van der Waals surface area contributed by atoms with Crippen molar-refractivity contribution in [2.75, 3.05) is 0 Å². The molecule has 0 aliphatic heterocycles. The molecule has 0 fully saturated rings. The SMILES string of the molecule is Cc1cc(CNCc2ccc([N+](=O)[O-])cc2)cc(C)c1F. The minimum absolute atomic E-state index is 0.0866. The van der Waals surface area contributed by atoms with E-state index >= 15 is 0 Å². The van der Waals surface area contributed by atoms with E-state index in [1.54, 1.807) is 26.0 Å². The fourth-order valence-corrected chi connectivity index (χ4v) is 2.22. The maximum atomic E-state index is 13.5. The van der Waals surface area contributed by atoms with E-state index in [9.17, 15) is 14.5 Å². The van der Waals surface area contributed by atoms with E-state index < -0.39 is 4.92 Å². The Bertz CT molecular complexity index is 631. The van der Waals surface area contributed by atoms with Gasteiger partial charge in [0, 0.05) is 25.2 Å². The highest BCUT2D eigenvalue weighted by Gasteiger charge is 2.05. The van der Waals surface area contributed by atoms with Gasteiger partial charge in [0.05, 0.1) is 4.92 Å². The number of benzene rings is 2. The van der Waals surface area contributed by atoms with Crippen molar-refractivity contribution in [2.24, 2.45) is 0 Å². The minimum atomic E-state index is -0.415. The average Bonchev–Trinajstić information content (AvgIpc) is 2.45. The first-order chi connectivity index (χ1) is 9.97. The standard InChI is InChI=1S/C16H17FN2O2/c1-11-7-14(8-12(2)16(11)17)10-18-9-13-3-5-15(6-4-13)19(20)21/h3-8,18H,9-10H2,1-2H3. The van der Waals surface area contributed by atoms with Crippen molar-refractivity contribution in [2.45, 2.75) is 26.9 Å². The van der Waals surface area contributed by atoms with Gasteiger partial charge < -0.3 is 5.32 Å². The van der Waals surface area contributed by atoms with Gasteiger partial charge in [-0.1, -0.05) is 24.3 Å². The van der Waals surface area contributed by atoms with Gasteiger partial charge in [-0.3, -0.25) is 10.1 Å². The van der Waals surface area contributed by atoms with Crippen LogP contribution in [0, 0.1) is 29.8 Å². The van der Waals surface area contributed by atoms with Gasteiger partial charge in [0.1, 0.15) is 5.82 Å². The van der Waals surface area contributed by atoms with Gasteiger partial charge in [0.25, 0.3) is 5.69 Å². The van der Waals surface area contributed by atoms with Crippen LogP contribution in [0.5, 0.6) is 0 Å². The molecule has 2 aromatic rings. The largest absolute Gasteiger partial charge is 0.309 e. The summed E-state index contributed by atoms with van der Waals surface area (Å²) in [5.41, 5.74) is 3.36. The van der Waals surface area contributed by atoms with Gasteiger partial charge in [-0.25, -0.2) is 4.39 Å². The zero-order chi connectivity index (χ0) is 15.4. The second kappa shape index (κ2) is 6.45. The summed E-state index contributed by atoms with van der Waals surface area (Å²) in [4.78, 5) is 10.1. The van der Waals surface area contributed by atoms with Gasteiger partial charge in [0.15, 0.2) is 0 Å². The number of nitro groups is 1. The van der Waals surface area contributed by atoms with Gasteiger partial charge in [-0.15, -0.1) is 0 Å². The maximum absolute atomic E-state index is 13.5. The number of non-ortho nitro benzene ring substituents is 1. The topological polar surface area (TPSA) is 55.2 Å². The summed E-state index contributed by atoms with van der Waals surface area (Å²) in [6.07, 6.45) is 0. The Morgan fingerprint density at radius 2 is 1.57 bits per heavy atom. The van der Waals surface area contributed by atoms with Crippen LogP contribution >= 0.6 is 0 Å². The molecule has 0 aliphatic carbocycles. The zero-order valence-electron chi connectivity index (χ0n) is 12.0. The molecule has 0 atom stereocenters. The number of nitrogens with zero attached hydrogens (tertiary/aromatic N) is 1. The summed E-state index contributed by atoms with van der Waals surface area (Å²) in [7, 11) is 0. The van der Waals surface area contributed by atoms with E-state index in [0.29, 0.717) is 24.2 Å². The lowest BCUT2D eigenvalue weighted by Crippen LogP contribution is -2.13. The van der Waals surface area contributed by atoms with Crippen molar-refractivity contribution in [3.8, 4) is 0 Å². The first-order valence-corrected chi connectivity index (χ1v) is 6.67. The Hall–Kier alpha value is -2.27. The molecule has 0 unspecified atom stereocenters. The smallest absolute Gasteiger partial charge is 0.269 e. The van der Waals surface area contributed by atoms with Crippen LogP contribution < -0.4 is 5.32 Å². The summed E-state index contributed by atoms with van der Waals surface area (Å²) in [6.45, 7) is 4.73. The Morgan fingerprint density at radius 1 is 1.05 bits per heavy atom. The highest BCUT2D eigenvalue weighted by molar-refractivity contribution is 5.33. The summed E-state index contributed by atoms with van der Waals surface area (Å²) in [6, 6.07) is 10.1. The van der Waals surface area contributed by atoms with Crippen LogP contribution in [0.2, 0.25) is 0 Å². The van der Waals surface area contributed by atoms with E-state index in [1.165, 1.54) is 12.1 Å².